The SMILES string of the molecule is N=C(N)c1ccc(OCCOc2ccc(Br)cc2)cc1. The molecule has 0 aliphatic heterocycles. The second-order valence-electron chi connectivity index (χ2n) is 4.09. The lowest BCUT2D eigenvalue weighted by Crippen LogP contribution is -2.11. The van der Waals surface area contributed by atoms with E-state index in [0.29, 0.717) is 18.8 Å². The van der Waals surface area contributed by atoms with Crippen molar-refractivity contribution in [2.24, 2.45) is 5.73 Å². The van der Waals surface area contributed by atoms with Gasteiger partial charge in [-0.1, -0.05) is 15.9 Å². The van der Waals surface area contributed by atoms with Crippen molar-refractivity contribution in [2.75, 3.05) is 13.2 Å². The molecule has 20 heavy (non-hydrogen) atoms. The highest BCUT2D eigenvalue weighted by Gasteiger charge is 1.98. The van der Waals surface area contributed by atoms with E-state index in [2.05, 4.69) is 15.9 Å². The topological polar surface area (TPSA) is 68.3 Å². The van der Waals surface area contributed by atoms with E-state index in [4.69, 9.17) is 20.6 Å². The molecule has 0 saturated heterocycles. The third-order valence-corrected chi connectivity index (χ3v) is 3.13. The lowest BCUT2D eigenvalue weighted by molar-refractivity contribution is 0.217. The average Bonchev–Trinajstić information content (AvgIpc) is 2.46. The Morgan fingerprint density at radius 3 is 1.80 bits per heavy atom. The first-order valence-corrected chi connectivity index (χ1v) is 6.90. The van der Waals surface area contributed by atoms with Gasteiger partial charge in [0.1, 0.15) is 30.5 Å². The standard InChI is InChI=1S/C15H15BrN2O2/c16-12-3-7-14(8-4-12)20-10-9-19-13-5-1-11(2-6-13)15(17)18/h1-8H,9-10H2,(H3,17,18). The molecule has 0 aliphatic carbocycles. The number of rotatable bonds is 6. The van der Waals surface area contributed by atoms with Crippen LogP contribution in [0.2, 0.25) is 0 Å². The van der Waals surface area contributed by atoms with E-state index in [9.17, 15) is 0 Å². The van der Waals surface area contributed by atoms with Crippen molar-refractivity contribution < 1.29 is 9.47 Å². The van der Waals surface area contributed by atoms with Crippen molar-refractivity contribution in [1.82, 2.24) is 0 Å². The third kappa shape index (κ3) is 4.28. The van der Waals surface area contributed by atoms with Gasteiger partial charge < -0.3 is 15.2 Å². The van der Waals surface area contributed by atoms with Crippen LogP contribution in [0.3, 0.4) is 0 Å². The summed E-state index contributed by atoms with van der Waals surface area (Å²) >= 11 is 3.37. The van der Waals surface area contributed by atoms with Crippen molar-refractivity contribution in [3.8, 4) is 11.5 Å². The summed E-state index contributed by atoms with van der Waals surface area (Å²) in [6, 6.07) is 14.7. The Hall–Kier alpha value is -2.01. The van der Waals surface area contributed by atoms with E-state index >= 15 is 0 Å². The number of hydrogen-bond acceptors (Lipinski definition) is 3. The van der Waals surface area contributed by atoms with Crippen molar-refractivity contribution in [2.45, 2.75) is 0 Å². The van der Waals surface area contributed by atoms with Crippen molar-refractivity contribution in [3.05, 3.63) is 58.6 Å². The molecule has 0 saturated carbocycles. The lowest BCUT2D eigenvalue weighted by atomic mass is 10.2. The summed E-state index contributed by atoms with van der Waals surface area (Å²) in [4.78, 5) is 0. The number of benzene rings is 2. The van der Waals surface area contributed by atoms with E-state index in [0.717, 1.165) is 16.0 Å². The first-order chi connectivity index (χ1) is 9.65. The molecule has 0 amide bonds. The number of halogens is 1. The van der Waals surface area contributed by atoms with Crippen LogP contribution in [0.4, 0.5) is 0 Å². The van der Waals surface area contributed by atoms with Crippen molar-refractivity contribution in [3.63, 3.8) is 0 Å². The Morgan fingerprint density at radius 1 is 0.900 bits per heavy atom. The van der Waals surface area contributed by atoms with E-state index < -0.39 is 0 Å². The minimum atomic E-state index is 0.0510. The molecule has 2 aromatic rings. The molecular formula is C15H15BrN2O2. The molecule has 104 valence electrons. The van der Waals surface area contributed by atoms with Gasteiger partial charge >= 0.3 is 0 Å². The molecule has 0 aromatic heterocycles. The van der Waals surface area contributed by atoms with Gasteiger partial charge in [-0.25, -0.2) is 0 Å². The molecule has 4 nitrogen and oxygen atoms in total. The minimum Gasteiger partial charge on any atom is -0.490 e. The predicted molar refractivity (Wildman–Crippen MR) is 82.6 cm³/mol. The zero-order valence-electron chi connectivity index (χ0n) is 10.8. The van der Waals surface area contributed by atoms with Gasteiger partial charge in [-0.2, -0.15) is 0 Å². The van der Waals surface area contributed by atoms with Crippen LogP contribution < -0.4 is 15.2 Å². The second kappa shape index (κ2) is 6.96. The molecule has 2 aromatic carbocycles. The Kier molecular flexibility index (Phi) is 5.01. The van der Waals surface area contributed by atoms with Crippen LogP contribution >= 0.6 is 15.9 Å². The highest BCUT2D eigenvalue weighted by Crippen LogP contribution is 2.16. The minimum absolute atomic E-state index is 0.0510. The molecular weight excluding hydrogens is 320 g/mol. The van der Waals surface area contributed by atoms with Crippen LogP contribution in [-0.4, -0.2) is 19.0 Å². The molecule has 0 spiro atoms. The summed E-state index contributed by atoms with van der Waals surface area (Å²) in [5.41, 5.74) is 6.06. The van der Waals surface area contributed by atoms with Gasteiger partial charge in [-0.3, -0.25) is 5.41 Å². The largest absolute Gasteiger partial charge is 0.490 e. The van der Waals surface area contributed by atoms with E-state index in [1.54, 1.807) is 24.3 Å². The fourth-order valence-electron chi connectivity index (χ4n) is 1.58. The van der Waals surface area contributed by atoms with Gasteiger partial charge in [0.2, 0.25) is 0 Å². The number of amidine groups is 1. The summed E-state index contributed by atoms with van der Waals surface area (Å²) < 4.78 is 12.1. The number of nitrogens with one attached hydrogen (secondary N) is 1. The van der Waals surface area contributed by atoms with Crippen LogP contribution in [0.15, 0.2) is 53.0 Å². The summed E-state index contributed by atoms with van der Waals surface area (Å²) in [5.74, 6) is 1.59. The van der Waals surface area contributed by atoms with Crippen molar-refractivity contribution >= 4 is 21.8 Å². The van der Waals surface area contributed by atoms with Gasteiger partial charge in [0.15, 0.2) is 0 Å². The van der Waals surface area contributed by atoms with Crippen LogP contribution in [-0.2, 0) is 0 Å². The molecule has 0 atom stereocenters. The number of nitrogens with two attached hydrogens (primary N) is 1. The van der Waals surface area contributed by atoms with E-state index in [1.807, 2.05) is 24.3 Å². The number of nitrogen functional groups attached to an aromatic ring is 1. The predicted octanol–water partition coefficient (Wildman–Crippen LogP) is 3.19. The lowest BCUT2D eigenvalue weighted by Gasteiger charge is -2.09. The molecule has 0 aliphatic rings. The maximum Gasteiger partial charge on any atom is 0.122 e. The van der Waals surface area contributed by atoms with Gasteiger partial charge in [0, 0.05) is 10.0 Å². The van der Waals surface area contributed by atoms with Gasteiger partial charge in [-0.15, -0.1) is 0 Å². The van der Waals surface area contributed by atoms with Gasteiger partial charge in [0.05, 0.1) is 0 Å². The highest BCUT2D eigenvalue weighted by atomic mass is 79.9. The fourth-order valence-corrected chi connectivity index (χ4v) is 1.84. The Morgan fingerprint density at radius 2 is 1.35 bits per heavy atom. The summed E-state index contributed by atoms with van der Waals surface area (Å²) in [6.07, 6.45) is 0. The quantitative estimate of drug-likeness (QED) is 0.484. The number of ether oxygens (including phenoxy) is 2. The first kappa shape index (κ1) is 14.4. The van der Waals surface area contributed by atoms with Crippen molar-refractivity contribution in [1.29, 1.82) is 5.41 Å². The van der Waals surface area contributed by atoms with Gasteiger partial charge in [0.25, 0.3) is 0 Å². The normalized spacial score (nSPS) is 10.1. The first-order valence-electron chi connectivity index (χ1n) is 6.11. The smallest absolute Gasteiger partial charge is 0.122 e. The highest BCUT2D eigenvalue weighted by molar-refractivity contribution is 9.10. The Labute approximate surface area is 126 Å². The Balaban J connectivity index is 1.75. The second-order valence-corrected chi connectivity index (χ2v) is 5.00. The van der Waals surface area contributed by atoms with Crippen LogP contribution in [0.5, 0.6) is 11.5 Å². The fraction of sp³-hybridized carbons (Fsp3) is 0.133. The molecule has 0 heterocycles. The maximum absolute atomic E-state index is 7.30. The van der Waals surface area contributed by atoms with Crippen LogP contribution in [0.25, 0.3) is 0 Å². The van der Waals surface area contributed by atoms with E-state index in [1.165, 1.54) is 0 Å². The maximum atomic E-state index is 7.30. The van der Waals surface area contributed by atoms with Gasteiger partial charge in [-0.05, 0) is 48.5 Å². The molecule has 5 heteroatoms. The van der Waals surface area contributed by atoms with Crippen LogP contribution in [0, 0.1) is 5.41 Å². The molecule has 0 radical (unpaired) electrons. The average molecular weight is 335 g/mol. The molecule has 0 unspecified atom stereocenters. The zero-order valence-corrected chi connectivity index (χ0v) is 12.4. The van der Waals surface area contributed by atoms with Crippen LogP contribution in [0.1, 0.15) is 5.56 Å². The Bertz CT molecular complexity index is 567. The number of hydrogen-bond donors (Lipinski definition) is 2. The summed E-state index contributed by atoms with van der Waals surface area (Å²) in [7, 11) is 0. The molecule has 2 rings (SSSR count). The molecule has 0 bridgehead atoms. The molecule has 3 N–H and O–H groups in total. The monoisotopic (exact) mass is 334 g/mol. The van der Waals surface area contributed by atoms with E-state index in [-0.39, 0.29) is 5.84 Å². The summed E-state index contributed by atoms with van der Waals surface area (Å²) in [6.45, 7) is 0.922. The zero-order chi connectivity index (χ0) is 14.4. The third-order valence-electron chi connectivity index (χ3n) is 2.60. The molecule has 0 fully saturated rings. The summed E-state index contributed by atoms with van der Waals surface area (Å²) in [5, 5.41) is 7.30.